The second-order valence-electron chi connectivity index (χ2n) is 5.10. The van der Waals surface area contributed by atoms with Crippen LogP contribution in [0.1, 0.15) is 37.8 Å². The van der Waals surface area contributed by atoms with E-state index >= 15 is 0 Å². The lowest BCUT2D eigenvalue weighted by molar-refractivity contribution is -0.138. The van der Waals surface area contributed by atoms with E-state index in [0.717, 1.165) is 17.5 Å². The van der Waals surface area contributed by atoms with E-state index in [-0.39, 0.29) is 0 Å². The minimum absolute atomic E-state index is 0.383. The summed E-state index contributed by atoms with van der Waals surface area (Å²) in [6.07, 6.45) is 1.82. The summed E-state index contributed by atoms with van der Waals surface area (Å²) in [5.74, 6) is -0.993. The predicted octanol–water partition coefficient (Wildman–Crippen LogP) is 1.20. The van der Waals surface area contributed by atoms with Gasteiger partial charge in [0.25, 0.3) is 0 Å². The van der Waals surface area contributed by atoms with Crippen LogP contribution in [0.25, 0.3) is 0 Å². The lowest BCUT2D eigenvalue weighted by Gasteiger charge is -2.27. The van der Waals surface area contributed by atoms with Gasteiger partial charge in [0.05, 0.1) is 0 Å². The summed E-state index contributed by atoms with van der Waals surface area (Å²) in [7, 11) is 0. The lowest BCUT2D eigenvalue weighted by atomic mass is 9.96. The second kappa shape index (κ2) is 7.38. The van der Waals surface area contributed by atoms with Gasteiger partial charge in [-0.25, -0.2) is 0 Å². The molecule has 112 valence electrons. The number of hydrogen-bond acceptors (Lipinski definition) is 4. The number of carboxylic acid groups (broad SMARTS) is 1. The Hall–Kier alpha value is -1.43. The van der Waals surface area contributed by atoms with Gasteiger partial charge in [-0.3, -0.25) is 10.1 Å². The first-order valence-electron chi connectivity index (χ1n) is 6.92. The molecule has 5 heteroatoms. The van der Waals surface area contributed by atoms with Crippen molar-refractivity contribution in [2.45, 2.75) is 44.9 Å². The number of nitrogens with one attached hydrogen (secondary N) is 1. The Morgan fingerprint density at radius 1 is 1.45 bits per heavy atom. The third-order valence-corrected chi connectivity index (χ3v) is 3.40. The van der Waals surface area contributed by atoms with Crippen molar-refractivity contribution in [1.29, 1.82) is 0 Å². The maximum Gasteiger partial charge on any atom is 0.320 e. The van der Waals surface area contributed by atoms with Gasteiger partial charge in [0, 0.05) is 5.56 Å². The standard InChI is InChI=1S/C15H24N2O3/c1-3-11-7-4-5-8-12(11)15(2,20)17-10-6-9-13(16)14(18)19/h4-5,7-8,13,17,20H,3,6,9-10,16H2,1-2H3,(H,18,19). The Kier molecular flexibility index (Phi) is 6.13. The van der Waals surface area contributed by atoms with E-state index in [0.29, 0.717) is 19.4 Å². The van der Waals surface area contributed by atoms with Crippen molar-refractivity contribution in [2.24, 2.45) is 5.73 Å². The van der Waals surface area contributed by atoms with Crippen LogP contribution in [0.2, 0.25) is 0 Å². The van der Waals surface area contributed by atoms with Gasteiger partial charge in [-0.2, -0.15) is 0 Å². The zero-order valence-electron chi connectivity index (χ0n) is 12.1. The molecule has 5 N–H and O–H groups in total. The van der Waals surface area contributed by atoms with Crippen LogP contribution in [0.3, 0.4) is 0 Å². The van der Waals surface area contributed by atoms with Crippen molar-refractivity contribution in [3.8, 4) is 0 Å². The Labute approximate surface area is 119 Å². The van der Waals surface area contributed by atoms with Crippen LogP contribution < -0.4 is 11.1 Å². The molecule has 0 aliphatic heterocycles. The number of aliphatic hydroxyl groups is 1. The molecule has 0 amide bonds. The Morgan fingerprint density at radius 2 is 2.10 bits per heavy atom. The molecule has 0 spiro atoms. The fraction of sp³-hybridized carbons (Fsp3) is 0.533. The molecule has 0 saturated carbocycles. The molecule has 20 heavy (non-hydrogen) atoms. The largest absolute Gasteiger partial charge is 0.480 e. The number of rotatable bonds is 8. The van der Waals surface area contributed by atoms with Crippen LogP contribution in [0.4, 0.5) is 0 Å². The number of carboxylic acids is 1. The van der Waals surface area contributed by atoms with Gasteiger partial charge in [0.2, 0.25) is 0 Å². The molecule has 0 bridgehead atoms. The molecule has 5 nitrogen and oxygen atoms in total. The molecule has 0 heterocycles. The summed E-state index contributed by atoms with van der Waals surface area (Å²) in [5.41, 5.74) is 6.25. The monoisotopic (exact) mass is 280 g/mol. The summed E-state index contributed by atoms with van der Waals surface area (Å²) in [4.78, 5) is 10.6. The van der Waals surface area contributed by atoms with E-state index in [1.54, 1.807) is 6.92 Å². The fourth-order valence-corrected chi connectivity index (χ4v) is 2.18. The molecule has 2 unspecified atom stereocenters. The molecular weight excluding hydrogens is 256 g/mol. The van der Waals surface area contributed by atoms with Gasteiger partial charge in [0.15, 0.2) is 0 Å². The number of benzene rings is 1. The van der Waals surface area contributed by atoms with E-state index in [9.17, 15) is 9.90 Å². The highest BCUT2D eigenvalue weighted by molar-refractivity contribution is 5.72. The van der Waals surface area contributed by atoms with E-state index in [1.807, 2.05) is 31.2 Å². The van der Waals surface area contributed by atoms with Gasteiger partial charge in [-0.15, -0.1) is 0 Å². The first-order chi connectivity index (χ1) is 9.38. The number of hydrogen-bond donors (Lipinski definition) is 4. The van der Waals surface area contributed by atoms with Gasteiger partial charge < -0.3 is 15.9 Å². The SMILES string of the molecule is CCc1ccccc1C(C)(O)NCCCC(N)C(=O)O. The van der Waals surface area contributed by atoms with Crippen LogP contribution in [-0.2, 0) is 16.9 Å². The highest BCUT2D eigenvalue weighted by atomic mass is 16.4. The number of carbonyl (C=O) groups is 1. The summed E-state index contributed by atoms with van der Waals surface area (Å²) in [5, 5.41) is 22.3. The summed E-state index contributed by atoms with van der Waals surface area (Å²) >= 11 is 0. The zero-order chi connectivity index (χ0) is 15.2. The smallest absolute Gasteiger partial charge is 0.320 e. The molecule has 0 aliphatic carbocycles. The average molecular weight is 280 g/mol. The van der Waals surface area contributed by atoms with Gasteiger partial charge in [0.1, 0.15) is 11.8 Å². The van der Waals surface area contributed by atoms with E-state index in [2.05, 4.69) is 5.32 Å². The molecule has 1 aromatic carbocycles. The molecule has 1 rings (SSSR count). The van der Waals surface area contributed by atoms with Crippen molar-refractivity contribution in [3.63, 3.8) is 0 Å². The van der Waals surface area contributed by atoms with Crippen molar-refractivity contribution in [3.05, 3.63) is 35.4 Å². The third kappa shape index (κ3) is 4.59. The van der Waals surface area contributed by atoms with Crippen molar-refractivity contribution >= 4 is 5.97 Å². The van der Waals surface area contributed by atoms with Crippen LogP contribution in [0.5, 0.6) is 0 Å². The molecule has 2 atom stereocenters. The van der Waals surface area contributed by atoms with E-state index in [1.165, 1.54) is 0 Å². The predicted molar refractivity (Wildman–Crippen MR) is 78.2 cm³/mol. The highest BCUT2D eigenvalue weighted by Crippen LogP contribution is 2.22. The third-order valence-electron chi connectivity index (χ3n) is 3.40. The van der Waals surface area contributed by atoms with Crippen molar-refractivity contribution in [2.75, 3.05) is 6.54 Å². The number of nitrogens with two attached hydrogens (primary N) is 1. The number of aliphatic carboxylic acids is 1. The first-order valence-corrected chi connectivity index (χ1v) is 6.92. The van der Waals surface area contributed by atoms with Gasteiger partial charge in [-0.1, -0.05) is 31.2 Å². The molecule has 0 radical (unpaired) electrons. The van der Waals surface area contributed by atoms with Crippen LogP contribution in [0, 0.1) is 0 Å². The van der Waals surface area contributed by atoms with Crippen molar-refractivity contribution in [1.82, 2.24) is 5.32 Å². The maximum absolute atomic E-state index is 10.6. The lowest BCUT2D eigenvalue weighted by Crippen LogP contribution is -2.41. The summed E-state index contributed by atoms with van der Waals surface area (Å²) in [6.45, 7) is 4.26. The maximum atomic E-state index is 10.6. The molecule has 0 fully saturated rings. The Bertz CT molecular complexity index is 446. The Morgan fingerprint density at radius 3 is 2.70 bits per heavy atom. The van der Waals surface area contributed by atoms with Crippen LogP contribution >= 0.6 is 0 Å². The van der Waals surface area contributed by atoms with Crippen LogP contribution in [0.15, 0.2) is 24.3 Å². The minimum atomic E-state index is -1.13. The van der Waals surface area contributed by atoms with Crippen molar-refractivity contribution < 1.29 is 15.0 Å². The molecule has 1 aromatic rings. The highest BCUT2D eigenvalue weighted by Gasteiger charge is 2.24. The molecular formula is C15H24N2O3. The molecule has 0 aromatic heterocycles. The van der Waals surface area contributed by atoms with Gasteiger partial charge >= 0.3 is 5.97 Å². The van der Waals surface area contributed by atoms with E-state index in [4.69, 9.17) is 10.8 Å². The summed E-state index contributed by atoms with van der Waals surface area (Å²) in [6, 6.07) is 6.89. The zero-order valence-corrected chi connectivity index (χ0v) is 12.1. The summed E-state index contributed by atoms with van der Waals surface area (Å²) < 4.78 is 0. The van der Waals surface area contributed by atoms with Crippen LogP contribution in [-0.4, -0.2) is 28.8 Å². The quantitative estimate of drug-likeness (QED) is 0.424. The second-order valence-corrected chi connectivity index (χ2v) is 5.10. The molecule has 0 saturated heterocycles. The van der Waals surface area contributed by atoms with Gasteiger partial charge in [-0.05, 0) is 38.3 Å². The number of aryl methyl sites for hydroxylation is 1. The first kappa shape index (κ1) is 16.6. The topological polar surface area (TPSA) is 95.6 Å². The minimum Gasteiger partial charge on any atom is -0.480 e. The average Bonchev–Trinajstić information content (AvgIpc) is 2.43. The molecule has 0 aliphatic rings. The normalized spacial score (nSPS) is 15.6. The Balaban J connectivity index is 2.55. The van der Waals surface area contributed by atoms with E-state index < -0.39 is 17.7 Å². The fourth-order valence-electron chi connectivity index (χ4n) is 2.18.